The molecule has 0 saturated heterocycles. The van der Waals surface area contributed by atoms with Gasteiger partial charge >= 0.3 is 0 Å². The van der Waals surface area contributed by atoms with Crippen molar-refractivity contribution in [3.8, 4) is 10.4 Å². The van der Waals surface area contributed by atoms with Crippen LogP contribution in [0.5, 0.6) is 0 Å². The van der Waals surface area contributed by atoms with Crippen molar-refractivity contribution in [1.82, 2.24) is 0 Å². The van der Waals surface area contributed by atoms with Crippen molar-refractivity contribution in [3.05, 3.63) is 40.8 Å². The molecule has 20 heavy (non-hydrogen) atoms. The van der Waals surface area contributed by atoms with Crippen molar-refractivity contribution in [2.24, 2.45) is 0 Å². The van der Waals surface area contributed by atoms with Gasteiger partial charge in [-0.2, -0.15) is 12.1 Å². The smallest absolute Gasteiger partial charge is 0.263 e. The van der Waals surface area contributed by atoms with Gasteiger partial charge in [-0.1, -0.05) is 11.6 Å². The summed E-state index contributed by atoms with van der Waals surface area (Å²) in [5, 5.41) is 2.97. The Balaban J connectivity index is 0.00000147. The van der Waals surface area contributed by atoms with Crippen LogP contribution in [0.2, 0.25) is 0 Å². The summed E-state index contributed by atoms with van der Waals surface area (Å²) >= 11 is 1.39. The predicted molar refractivity (Wildman–Crippen MR) is 75.1 cm³/mol. The maximum Gasteiger partial charge on any atom is 0.263 e. The van der Waals surface area contributed by atoms with Gasteiger partial charge in [0.05, 0.1) is 0 Å². The molecule has 2 heterocycles. The monoisotopic (exact) mass is 516 g/mol. The van der Waals surface area contributed by atoms with Gasteiger partial charge in [0.1, 0.15) is 0 Å². The van der Waals surface area contributed by atoms with E-state index in [0.717, 1.165) is 30.0 Å². The van der Waals surface area contributed by atoms with Crippen LogP contribution in [0.4, 0.5) is 14.5 Å². The van der Waals surface area contributed by atoms with Crippen LogP contribution in [0.15, 0.2) is 24.3 Å². The number of halogens is 2. The van der Waals surface area contributed by atoms with Crippen molar-refractivity contribution in [3.63, 3.8) is 0 Å². The molecule has 5 heteroatoms. The van der Waals surface area contributed by atoms with Crippen molar-refractivity contribution >= 4 is 17.0 Å². The number of alkyl halides is 2. The molecule has 0 radical (unpaired) electrons. The molecule has 3 rings (SSSR count). The minimum Gasteiger partial charge on any atom is -0.374 e. The Kier molecular flexibility index (Phi) is 5.28. The molecular formula is C15H14F2NSU-. The molecule has 104 valence electrons. The first-order valence-electron chi connectivity index (χ1n) is 6.29. The number of benzene rings is 1. The molecule has 0 aliphatic carbocycles. The molecular weight excluding hydrogens is 502 g/mol. The standard InChI is InChI=1S/C15H14F2NS.U/c1-18-6-2-4-10-8-11(14-5-3-7-19-14)12(15(16)17)9-13(10)18;/h3,5,8-9,15H,2,4,6H2,1H3;/q-1;. The van der Waals surface area contributed by atoms with Gasteiger partial charge < -0.3 is 4.90 Å². The second-order valence-electron chi connectivity index (χ2n) is 4.81. The number of hydrogen-bond donors (Lipinski definition) is 0. The van der Waals surface area contributed by atoms with Crippen LogP contribution in [0.1, 0.15) is 24.0 Å². The zero-order valence-electron chi connectivity index (χ0n) is 11.1. The molecule has 1 aliphatic rings. The van der Waals surface area contributed by atoms with Crippen LogP contribution in [-0.2, 0) is 6.42 Å². The zero-order valence-corrected chi connectivity index (χ0v) is 16.1. The molecule has 0 bridgehead atoms. The van der Waals surface area contributed by atoms with Crippen molar-refractivity contribution in [2.45, 2.75) is 19.3 Å². The summed E-state index contributed by atoms with van der Waals surface area (Å²) in [6, 6.07) is 7.23. The molecule has 1 aromatic carbocycles. The summed E-state index contributed by atoms with van der Waals surface area (Å²) in [6.07, 6.45) is -0.406. The van der Waals surface area contributed by atoms with Gasteiger partial charge in [0.15, 0.2) is 0 Å². The van der Waals surface area contributed by atoms with Gasteiger partial charge in [-0.25, -0.2) is 8.78 Å². The molecule has 0 saturated carbocycles. The van der Waals surface area contributed by atoms with E-state index in [1.165, 1.54) is 16.9 Å². The van der Waals surface area contributed by atoms with E-state index in [9.17, 15) is 8.78 Å². The van der Waals surface area contributed by atoms with Crippen molar-refractivity contribution < 1.29 is 39.9 Å². The molecule has 1 nitrogen and oxygen atoms in total. The zero-order chi connectivity index (χ0) is 13.4. The summed E-state index contributed by atoms with van der Waals surface area (Å²) in [4.78, 5) is 2.93. The minimum atomic E-state index is -2.45. The van der Waals surface area contributed by atoms with Crippen LogP contribution >= 0.6 is 11.3 Å². The molecule has 0 unspecified atom stereocenters. The van der Waals surface area contributed by atoms with E-state index in [-0.39, 0.29) is 36.7 Å². The summed E-state index contributed by atoms with van der Waals surface area (Å²) in [7, 11) is 1.96. The van der Waals surface area contributed by atoms with Crippen LogP contribution in [0.3, 0.4) is 0 Å². The fourth-order valence-corrected chi connectivity index (χ4v) is 3.30. The van der Waals surface area contributed by atoms with Gasteiger partial charge in [-0.3, -0.25) is 11.3 Å². The summed E-state index contributed by atoms with van der Waals surface area (Å²) in [5.41, 5.74) is 2.91. The number of nitrogens with zero attached hydrogens (tertiary/aromatic N) is 1. The Labute approximate surface area is 145 Å². The van der Waals surface area contributed by atoms with Gasteiger partial charge in [-0.05, 0) is 24.5 Å². The molecule has 2 aromatic rings. The third kappa shape index (κ3) is 2.95. The molecule has 0 atom stereocenters. The third-order valence-corrected chi connectivity index (χ3v) is 4.40. The Hall–Kier alpha value is -0.368. The Morgan fingerprint density at radius 2 is 2.15 bits per heavy atom. The number of aryl methyl sites for hydroxylation is 1. The number of hydrogen-bond acceptors (Lipinski definition) is 2. The average Bonchev–Trinajstić information content (AvgIpc) is 2.91. The quantitative estimate of drug-likeness (QED) is 0.531. The maximum absolute atomic E-state index is 13.3. The second kappa shape index (κ2) is 6.60. The first-order valence-corrected chi connectivity index (χ1v) is 7.11. The SMILES string of the molecule is CN1CCCc2cc(-c3cc[c-]s3)c(C(F)F)cc21.[U]. The molecule has 0 amide bonds. The Bertz CT molecular complexity index is 584. The largest absolute Gasteiger partial charge is 0.374 e. The van der Waals surface area contributed by atoms with Crippen molar-refractivity contribution in [1.29, 1.82) is 0 Å². The van der Waals surface area contributed by atoms with Crippen LogP contribution in [-0.4, -0.2) is 13.6 Å². The fraction of sp³-hybridized carbons (Fsp3) is 0.333. The van der Waals surface area contributed by atoms with E-state index in [2.05, 4.69) is 10.3 Å². The fourth-order valence-electron chi connectivity index (χ4n) is 2.61. The van der Waals surface area contributed by atoms with Crippen molar-refractivity contribution in [2.75, 3.05) is 18.5 Å². The van der Waals surface area contributed by atoms with E-state index in [0.29, 0.717) is 5.56 Å². The van der Waals surface area contributed by atoms with E-state index < -0.39 is 6.43 Å². The first kappa shape index (κ1) is 16.0. The Morgan fingerprint density at radius 3 is 2.80 bits per heavy atom. The summed E-state index contributed by atoms with van der Waals surface area (Å²) < 4.78 is 26.6. The maximum atomic E-state index is 13.3. The second-order valence-corrected chi connectivity index (χ2v) is 5.69. The van der Waals surface area contributed by atoms with E-state index in [1.807, 2.05) is 19.2 Å². The number of anilines is 1. The molecule has 0 fully saturated rings. The Morgan fingerprint density at radius 1 is 1.35 bits per heavy atom. The van der Waals surface area contributed by atoms with Crippen LogP contribution < -0.4 is 4.90 Å². The molecule has 0 spiro atoms. The number of fused-ring (bicyclic) bond motifs is 1. The van der Waals surface area contributed by atoms with Crippen LogP contribution in [0.25, 0.3) is 10.4 Å². The first-order chi connectivity index (χ1) is 9.16. The van der Waals surface area contributed by atoms with Gasteiger partial charge in [0.2, 0.25) is 0 Å². The van der Waals surface area contributed by atoms with Gasteiger partial charge in [-0.15, -0.1) is 10.3 Å². The average molecular weight is 516 g/mol. The van der Waals surface area contributed by atoms with E-state index in [1.54, 1.807) is 12.1 Å². The molecule has 1 aromatic heterocycles. The van der Waals surface area contributed by atoms with Crippen LogP contribution in [0, 0.1) is 36.5 Å². The predicted octanol–water partition coefficient (Wildman–Crippen LogP) is 4.54. The number of thiophene rings is 1. The van der Waals surface area contributed by atoms with Gasteiger partial charge in [0, 0.05) is 56.0 Å². The van der Waals surface area contributed by atoms with E-state index >= 15 is 0 Å². The topological polar surface area (TPSA) is 3.24 Å². The molecule has 0 N–H and O–H groups in total. The summed E-state index contributed by atoms with van der Waals surface area (Å²) in [6.45, 7) is 0.932. The molecule has 1 aliphatic heterocycles. The number of rotatable bonds is 2. The van der Waals surface area contributed by atoms with E-state index in [4.69, 9.17) is 0 Å². The van der Waals surface area contributed by atoms with Gasteiger partial charge in [0.25, 0.3) is 6.43 Å². The normalized spacial score (nSPS) is 14.1. The minimum absolute atomic E-state index is 0. The summed E-state index contributed by atoms with van der Waals surface area (Å²) in [5.74, 6) is 0. The third-order valence-electron chi connectivity index (χ3n) is 3.57.